The van der Waals surface area contributed by atoms with Crippen LogP contribution in [0.3, 0.4) is 0 Å². The van der Waals surface area contributed by atoms with Gasteiger partial charge in [-0.15, -0.1) is 0 Å². The zero-order chi connectivity index (χ0) is 22.5. The molecule has 1 aromatic rings. The number of nitrogens with one attached hydrogen (secondary N) is 2. The summed E-state index contributed by atoms with van der Waals surface area (Å²) in [6.07, 6.45) is -3.21. The second kappa shape index (κ2) is 10.1. The van der Waals surface area contributed by atoms with Crippen molar-refractivity contribution in [1.29, 1.82) is 0 Å². The molecule has 6 nitrogen and oxygen atoms in total. The Kier molecular flexibility index (Phi) is 8.23. The van der Waals surface area contributed by atoms with Gasteiger partial charge < -0.3 is 10.2 Å². The summed E-state index contributed by atoms with van der Waals surface area (Å²) in [5.41, 5.74) is -1.56. The number of carbonyl (C=O) groups is 1. The molecule has 1 aromatic carbocycles. The van der Waals surface area contributed by atoms with Gasteiger partial charge in [0, 0.05) is 25.2 Å². The Balaban J connectivity index is 1.77. The molecule has 2 rings (SSSR count). The van der Waals surface area contributed by atoms with Crippen LogP contribution in [0.25, 0.3) is 0 Å². The van der Waals surface area contributed by atoms with Crippen molar-refractivity contribution < 1.29 is 30.8 Å². The highest BCUT2D eigenvalue weighted by Gasteiger charge is 2.32. The van der Waals surface area contributed by atoms with E-state index >= 15 is 0 Å². The van der Waals surface area contributed by atoms with E-state index in [0.29, 0.717) is 25.2 Å². The van der Waals surface area contributed by atoms with Crippen LogP contribution in [0, 0.1) is 11.7 Å². The molecular weight excluding hydrogens is 426 g/mol. The maximum Gasteiger partial charge on any atom is 0.416 e. The molecule has 1 heterocycles. The Morgan fingerprint density at radius 3 is 2.40 bits per heavy atom. The number of carbonyl (C=O) groups excluding carboxylic acids is 1. The molecule has 1 saturated heterocycles. The van der Waals surface area contributed by atoms with Crippen LogP contribution in [-0.4, -0.2) is 57.2 Å². The van der Waals surface area contributed by atoms with Gasteiger partial charge in [-0.2, -0.15) is 13.2 Å². The Morgan fingerprint density at radius 2 is 1.83 bits per heavy atom. The van der Waals surface area contributed by atoms with Crippen LogP contribution in [0.4, 0.5) is 17.6 Å². The molecule has 1 amide bonds. The van der Waals surface area contributed by atoms with Gasteiger partial charge in [0.15, 0.2) is 0 Å². The Bertz CT molecular complexity index is 836. The number of alkyl halides is 3. The second-order valence-electron chi connectivity index (χ2n) is 7.71. The molecule has 0 spiro atoms. The lowest BCUT2D eigenvalue weighted by Gasteiger charge is -2.32. The first-order chi connectivity index (χ1) is 13.9. The van der Waals surface area contributed by atoms with E-state index in [2.05, 4.69) is 14.9 Å². The minimum absolute atomic E-state index is 0.146. The predicted octanol–water partition coefficient (Wildman–Crippen LogP) is 2.61. The van der Waals surface area contributed by atoms with Crippen LogP contribution in [0.5, 0.6) is 0 Å². The topological polar surface area (TPSA) is 78.5 Å². The number of rotatable bonds is 8. The van der Waals surface area contributed by atoms with Crippen LogP contribution in [0.1, 0.15) is 42.6 Å². The smallest absolute Gasteiger partial charge is 0.352 e. The molecule has 11 heteroatoms. The number of nitrogens with zero attached hydrogens (tertiary/aromatic N) is 1. The molecule has 0 atom stereocenters. The summed E-state index contributed by atoms with van der Waals surface area (Å²) < 4.78 is 77.8. The lowest BCUT2D eigenvalue weighted by Crippen LogP contribution is -2.42. The SMILES string of the molecule is CC(C)S(=O)(=O)NCCN1CCC(CNC(=O)c2cc(F)cc(C(F)(F)F)c2)CC1. The highest BCUT2D eigenvalue weighted by molar-refractivity contribution is 7.90. The first-order valence-corrected chi connectivity index (χ1v) is 11.3. The van der Waals surface area contributed by atoms with Crippen LogP contribution >= 0.6 is 0 Å². The zero-order valence-electron chi connectivity index (χ0n) is 16.9. The normalized spacial score (nSPS) is 16.8. The lowest BCUT2D eigenvalue weighted by atomic mass is 9.96. The first-order valence-electron chi connectivity index (χ1n) is 9.75. The van der Waals surface area contributed by atoms with Crippen molar-refractivity contribution in [3.8, 4) is 0 Å². The van der Waals surface area contributed by atoms with Gasteiger partial charge in [0.05, 0.1) is 10.8 Å². The summed E-state index contributed by atoms with van der Waals surface area (Å²) in [4.78, 5) is 14.3. The van der Waals surface area contributed by atoms with Gasteiger partial charge in [0.2, 0.25) is 10.0 Å². The molecule has 0 aliphatic carbocycles. The van der Waals surface area contributed by atoms with E-state index in [0.717, 1.165) is 32.0 Å². The van der Waals surface area contributed by atoms with E-state index in [1.807, 2.05) is 0 Å². The van der Waals surface area contributed by atoms with Gasteiger partial charge in [-0.3, -0.25) is 4.79 Å². The van der Waals surface area contributed by atoms with Crippen LogP contribution in [0.15, 0.2) is 18.2 Å². The maximum atomic E-state index is 13.4. The standard InChI is InChI=1S/C19H27F4N3O3S/c1-13(2)30(28,29)25-5-8-26-6-3-14(4-7-26)12-24-18(27)15-9-16(19(21,22)23)11-17(20)10-15/h9-11,13-14,25H,3-8,12H2,1-2H3,(H,24,27). The van der Waals surface area contributed by atoms with E-state index in [9.17, 15) is 30.8 Å². The second-order valence-corrected chi connectivity index (χ2v) is 10.0. The van der Waals surface area contributed by atoms with Crippen LogP contribution < -0.4 is 10.0 Å². The summed E-state index contributed by atoms with van der Waals surface area (Å²) in [6.45, 7) is 5.85. The summed E-state index contributed by atoms with van der Waals surface area (Å²) in [5.74, 6) is -1.71. The largest absolute Gasteiger partial charge is 0.416 e. The van der Waals surface area contributed by atoms with E-state index < -0.39 is 38.7 Å². The number of benzene rings is 1. The summed E-state index contributed by atoms with van der Waals surface area (Å²) in [7, 11) is -3.29. The molecule has 0 radical (unpaired) electrons. The third-order valence-electron chi connectivity index (χ3n) is 5.10. The third kappa shape index (κ3) is 7.21. The predicted molar refractivity (Wildman–Crippen MR) is 105 cm³/mol. The Labute approximate surface area is 174 Å². The molecule has 1 aliphatic rings. The van der Waals surface area contributed by atoms with Crippen molar-refractivity contribution in [2.75, 3.05) is 32.7 Å². The minimum Gasteiger partial charge on any atom is -0.352 e. The maximum absolute atomic E-state index is 13.4. The molecular formula is C19H27F4N3O3S. The van der Waals surface area contributed by atoms with Crippen molar-refractivity contribution >= 4 is 15.9 Å². The van der Waals surface area contributed by atoms with Gasteiger partial charge in [0.1, 0.15) is 5.82 Å². The van der Waals surface area contributed by atoms with E-state index in [1.165, 1.54) is 0 Å². The van der Waals surface area contributed by atoms with Crippen molar-refractivity contribution in [2.45, 2.75) is 38.1 Å². The fourth-order valence-corrected chi connectivity index (χ4v) is 3.86. The van der Waals surface area contributed by atoms with Gasteiger partial charge >= 0.3 is 6.18 Å². The van der Waals surface area contributed by atoms with Gasteiger partial charge in [-0.25, -0.2) is 17.5 Å². The number of hydrogen-bond donors (Lipinski definition) is 2. The van der Waals surface area contributed by atoms with Crippen LogP contribution in [-0.2, 0) is 16.2 Å². The van der Waals surface area contributed by atoms with Crippen molar-refractivity contribution in [3.63, 3.8) is 0 Å². The fourth-order valence-electron chi connectivity index (χ4n) is 3.15. The number of halogens is 4. The summed E-state index contributed by atoms with van der Waals surface area (Å²) in [6, 6.07) is 1.78. The lowest BCUT2D eigenvalue weighted by molar-refractivity contribution is -0.137. The van der Waals surface area contributed by atoms with Gasteiger partial charge in [-0.1, -0.05) is 0 Å². The molecule has 1 fully saturated rings. The molecule has 1 aliphatic heterocycles. The molecule has 0 aromatic heterocycles. The molecule has 170 valence electrons. The van der Waals surface area contributed by atoms with Gasteiger partial charge in [0.25, 0.3) is 5.91 Å². The number of amides is 1. The zero-order valence-corrected chi connectivity index (χ0v) is 17.7. The van der Waals surface area contributed by atoms with Crippen molar-refractivity contribution in [1.82, 2.24) is 14.9 Å². The molecule has 0 unspecified atom stereocenters. The monoisotopic (exact) mass is 453 g/mol. The summed E-state index contributed by atoms with van der Waals surface area (Å²) in [5, 5.41) is 2.09. The average molecular weight is 454 g/mol. The first kappa shape index (κ1) is 24.5. The van der Waals surface area contributed by atoms with E-state index in [-0.39, 0.29) is 18.0 Å². The van der Waals surface area contributed by atoms with Crippen molar-refractivity contribution in [2.24, 2.45) is 5.92 Å². The van der Waals surface area contributed by atoms with E-state index in [1.54, 1.807) is 13.8 Å². The van der Waals surface area contributed by atoms with Gasteiger partial charge in [-0.05, 0) is 63.9 Å². The fraction of sp³-hybridized carbons (Fsp3) is 0.632. The summed E-state index contributed by atoms with van der Waals surface area (Å²) >= 11 is 0. The third-order valence-corrected chi connectivity index (χ3v) is 6.95. The highest BCUT2D eigenvalue weighted by Crippen LogP contribution is 2.30. The number of piperidine rings is 1. The minimum atomic E-state index is -4.73. The van der Waals surface area contributed by atoms with E-state index in [4.69, 9.17) is 0 Å². The average Bonchev–Trinajstić information content (AvgIpc) is 2.65. The Morgan fingerprint density at radius 1 is 1.20 bits per heavy atom. The highest BCUT2D eigenvalue weighted by atomic mass is 32.2. The van der Waals surface area contributed by atoms with Crippen molar-refractivity contribution in [3.05, 3.63) is 35.1 Å². The molecule has 0 bridgehead atoms. The number of sulfonamides is 1. The number of likely N-dealkylation sites (tertiary alicyclic amines) is 1. The molecule has 2 N–H and O–H groups in total. The van der Waals surface area contributed by atoms with Crippen LogP contribution in [0.2, 0.25) is 0 Å². The number of hydrogen-bond acceptors (Lipinski definition) is 4. The molecule has 30 heavy (non-hydrogen) atoms. The quantitative estimate of drug-likeness (QED) is 0.594. The Hall–Kier alpha value is -1.72. The molecule has 0 saturated carbocycles.